The van der Waals surface area contributed by atoms with Gasteiger partial charge in [-0.2, -0.15) is 0 Å². The fourth-order valence-electron chi connectivity index (χ4n) is 6.67. The van der Waals surface area contributed by atoms with Gasteiger partial charge in [0, 0.05) is 37.1 Å². The molecule has 7 heteroatoms. The number of carbonyl (C=O) groups is 2. The van der Waals surface area contributed by atoms with Crippen LogP contribution in [-0.4, -0.2) is 55.0 Å². The predicted octanol–water partition coefficient (Wildman–Crippen LogP) is 5.79. The molecule has 0 saturated carbocycles. The van der Waals surface area contributed by atoms with Crippen LogP contribution in [-0.2, 0) is 27.0 Å². The van der Waals surface area contributed by atoms with Crippen molar-refractivity contribution in [1.82, 2.24) is 4.90 Å². The van der Waals surface area contributed by atoms with E-state index in [-0.39, 0.29) is 17.7 Å². The van der Waals surface area contributed by atoms with E-state index in [2.05, 4.69) is 17.0 Å². The quantitative estimate of drug-likeness (QED) is 0.485. The first-order valence-corrected chi connectivity index (χ1v) is 14.9. The number of anilines is 1. The average Bonchev–Trinajstić information content (AvgIpc) is 3.06. The number of halogens is 1. The van der Waals surface area contributed by atoms with Crippen LogP contribution in [0.1, 0.15) is 81.4 Å². The van der Waals surface area contributed by atoms with E-state index >= 15 is 0 Å². The van der Waals surface area contributed by atoms with Gasteiger partial charge in [0.15, 0.2) is 11.4 Å². The summed E-state index contributed by atoms with van der Waals surface area (Å²) in [6.07, 6.45) is 9.35. The van der Waals surface area contributed by atoms with Crippen LogP contribution in [0, 0.1) is 0 Å². The molecule has 210 valence electrons. The van der Waals surface area contributed by atoms with Gasteiger partial charge in [-0.25, -0.2) is 0 Å². The second-order valence-corrected chi connectivity index (χ2v) is 12.3. The van der Waals surface area contributed by atoms with Crippen molar-refractivity contribution in [2.45, 2.75) is 82.1 Å². The average molecular weight is 553 g/mol. The Bertz CT molecular complexity index is 1230. The van der Waals surface area contributed by atoms with Crippen LogP contribution in [0.2, 0.25) is 5.02 Å². The van der Waals surface area contributed by atoms with E-state index < -0.39 is 11.4 Å². The molecule has 5 rings (SSSR count). The molecule has 1 spiro atoms. The van der Waals surface area contributed by atoms with Gasteiger partial charge in [-0.15, -0.1) is 0 Å². The maximum Gasteiger partial charge on any atom is 0.226 e. The lowest BCUT2D eigenvalue weighted by atomic mass is 9.70. The highest BCUT2D eigenvalue weighted by atomic mass is 35.5. The number of aliphatic hydroxyl groups is 1. The molecule has 0 aromatic heterocycles. The molecule has 0 fully saturated rings. The second-order valence-electron chi connectivity index (χ2n) is 11.9. The Balaban J connectivity index is 1.56. The molecule has 6 nitrogen and oxygen atoms in total. The third-order valence-corrected chi connectivity index (χ3v) is 9.34. The number of nitrogens with zero attached hydrogens (tertiary/aromatic N) is 2. The molecule has 3 aliphatic rings. The fourth-order valence-corrected chi connectivity index (χ4v) is 6.87. The molecule has 1 N–H and O–H groups in total. The van der Waals surface area contributed by atoms with E-state index in [1.165, 1.54) is 24.5 Å². The maximum atomic E-state index is 13.1. The molecule has 2 aromatic carbocycles. The number of carbonyl (C=O) groups excluding carboxylic acids is 2. The Hall–Kier alpha value is -2.57. The number of hydrogen-bond acceptors (Lipinski definition) is 5. The summed E-state index contributed by atoms with van der Waals surface area (Å²) in [6, 6.07) is 11.8. The summed E-state index contributed by atoms with van der Waals surface area (Å²) in [5, 5.41) is 12.4. The van der Waals surface area contributed by atoms with Gasteiger partial charge in [-0.3, -0.25) is 9.59 Å². The van der Waals surface area contributed by atoms with Crippen LogP contribution in [0.3, 0.4) is 0 Å². The first kappa shape index (κ1) is 28.0. The number of amides is 1. The lowest BCUT2D eigenvalue weighted by Gasteiger charge is -2.41. The number of aryl methyl sites for hydroxylation is 1. The first-order valence-electron chi connectivity index (χ1n) is 14.5. The number of benzene rings is 2. The van der Waals surface area contributed by atoms with E-state index in [4.69, 9.17) is 16.3 Å². The number of ether oxygens (including phenoxy) is 1. The molecule has 0 saturated heterocycles. The molecule has 1 aliphatic carbocycles. The molecule has 2 bridgehead atoms. The SMILES string of the molecule is CC(=O)[C@@]1(O)CC(=O)N(C)CCCCCCCCN2C[C@@]3(CCCc4cc(Cl)ccc43)COc3ccc1cc32. The van der Waals surface area contributed by atoms with Gasteiger partial charge >= 0.3 is 0 Å². The smallest absolute Gasteiger partial charge is 0.226 e. The number of rotatable bonds is 1. The summed E-state index contributed by atoms with van der Waals surface area (Å²) in [6.45, 7) is 4.21. The summed E-state index contributed by atoms with van der Waals surface area (Å²) in [5.74, 6) is 0.104. The summed E-state index contributed by atoms with van der Waals surface area (Å²) in [5.41, 5.74) is 1.88. The van der Waals surface area contributed by atoms with Crippen LogP contribution >= 0.6 is 11.6 Å². The summed E-state index contributed by atoms with van der Waals surface area (Å²) in [4.78, 5) is 30.0. The van der Waals surface area contributed by atoms with Gasteiger partial charge in [0.1, 0.15) is 5.75 Å². The predicted molar refractivity (Wildman–Crippen MR) is 155 cm³/mol. The molecule has 2 aliphatic heterocycles. The zero-order chi connectivity index (χ0) is 27.6. The van der Waals surface area contributed by atoms with Crippen LogP contribution in [0.15, 0.2) is 36.4 Å². The van der Waals surface area contributed by atoms with Gasteiger partial charge in [0.2, 0.25) is 5.91 Å². The standard InChI is InChI=1S/C32H41ClN2O4/c1-23(36)32(38)20-30(37)34(2)16-7-5-3-4-6-8-17-35-21-31(22-39-29-14-11-25(32)19-28(29)35)15-9-10-24-18-26(33)12-13-27(24)31/h11-14,18-19,38H,3-10,15-17,20-22H2,1-2H3/t31-,32-/m0/s1. The van der Waals surface area contributed by atoms with Crippen molar-refractivity contribution in [1.29, 1.82) is 0 Å². The second kappa shape index (κ2) is 11.5. The minimum absolute atomic E-state index is 0.173. The molecule has 1 amide bonds. The maximum absolute atomic E-state index is 13.1. The fraction of sp³-hybridized carbons (Fsp3) is 0.562. The lowest BCUT2D eigenvalue weighted by Crippen LogP contribution is -2.46. The van der Waals surface area contributed by atoms with Crippen molar-refractivity contribution in [2.75, 3.05) is 38.2 Å². The lowest BCUT2D eigenvalue weighted by molar-refractivity contribution is -0.146. The Morgan fingerprint density at radius 3 is 2.51 bits per heavy atom. The van der Waals surface area contributed by atoms with Crippen LogP contribution in [0.5, 0.6) is 5.75 Å². The molecule has 2 aromatic rings. The third kappa shape index (κ3) is 5.69. The summed E-state index contributed by atoms with van der Waals surface area (Å²) >= 11 is 6.37. The Morgan fingerprint density at radius 1 is 1.00 bits per heavy atom. The zero-order valence-corrected chi connectivity index (χ0v) is 24.1. The summed E-state index contributed by atoms with van der Waals surface area (Å²) in [7, 11) is 1.76. The van der Waals surface area contributed by atoms with Crippen molar-refractivity contribution in [2.24, 2.45) is 0 Å². The molecular weight excluding hydrogens is 512 g/mol. The van der Waals surface area contributed by atoms with Crippen molar-refractivity contribution in [3.63, 3.8) is 0 Å². The Labute approximate surface area is 237 Å². The minimum atomic E-state index is -1.89. The molecule has 2 atom stereocenters. The molecule has 2 heterocycles. The molecule has 39 heavy (non-hydrogen) atoms. The van der Waals surface area contributed by atoms with Gasteiger partial charge in [-0.1, -0.05) is 49.4 Å². The van der Waals surface area contributed by atoms with Crippen LogP contribution in [0.25, 0.3) is 0 Å². The number of hydrogen-bond donors (Lipinski definition) is 1. The van der Waals surface area contributed by atoms with Crippen molar-refractivity contribution in [3.05, 3.63) is 58.1 Å². The van der Waals surface area contributed by atoms with E-state index in [0.717, 1.165) is 80.9 Å². The largest absolute Gasteiger partial charge is 0.490 e. The van der Waals surface area contributed by atoms with E-state index in [0.29, 0.717) is 18.7 Å². The molecule has 0 radical (unpaired) electrons. The third-order valence-electron chi connectivity index (χ3n) is 9.10. The molecular formula is C32H41ClN2O4. The Morgan fingerprint density at radius 2 is 1.74 bits per heavy atom. The van der Waals surface area contributed by atoms with E-state index in [1.807, 2.05) is 18.2 Å². The van der Waals surface area contributed by atoms with Crippen LogP contribution in [0.4, 0.5) is 5.69 Å². The summed E-state index contributed by atoms with van der Waals surface area (Å²) < 4.78 is 6.54. The van der Waals surface area contributed by atoms with Gasteiger partial charge in [0.05, 0.1) is 18.7 Å². The minimum Gasteiger partial charge on any atom is -0.490 e. The normalized spacial score (nSPS) is 26.5. The highest BCUT2D eigenvalue weighted by Crippen LogP contribution is 2.45. The highest BCUT2D eigenvalue weighted by Gasteiger charge is 2.43. The Kier molecular flexibility index (Phi) is 8.25. The highest BCUT2D eigenvalue weighted by molar-refractivity contribution is 6.30. The van der Waals surface area contributed by atoms with Crippen LogP contribution < -0.4 is 9.64 Å². The topological polar surface area (TPSA) is 70.1 Å². The van der Waals surface area contributed by atoms with Gasteiger partial charge in [0.25, 0.3) is 0 Å². The van der Waals surface area contributed by atoms with Gasteiger partial charge in [-0.05, 0) is 80.0 Å². The van der Waals surface area contributed by atoms with Gasteiger partial charge < -0.3 is 19.6 Å². The number of ketones is 1. The first-order chi connectivity index (χ1) is 18.7. The number of Topliss-reactive ketones (excluding diaryl/α,β-unsaturated/α-hetero) is 1. The van der Waals surface area contributed by atoms with Crippen molar-refractivity contribution >= 4 is 29.0 Å². The van der Waals surface area contributed by atoms with Crippen molar-refractivity contribution in [3.8, 4) is 5.75 Å². The van der Waals surface area contributed by atoms with E-state index in [9.17, 15) is 14.7 Å². The van der Waals surface area contributed by atoms with E-state index in [1.54, 1.807) is 18.0 Å². The van der Waals surface area contributed by atoms with Crippen molar-refractivity contribution < 1.29 is 19.4 Å². The monoisotopic (exact) mass is 552 g/mol. The molecule has 0 unspecified atom stereocenters. The zero-order valence-electron chi connectivity index (χ0n) is 23.3. The number of fused-ring (bicyclic) bond motifs is 3.